The molecule has 0 atom stereocenters. The predicted octanol–water partition coefficient (Wildman–Crippen LogP) is 15.9. The Morgan fingerprint density at radius 2 is 0.857 bits per heavy atom. The van der Waals surface area contributed by atoms with Crippen LogP contribution in [0, 0.1) is 13.8 Å². The Bertz CT molecular complexity index is 2810. The average molecular weight is 722 g/mol. The summed E-state index contributed by atoms with van der Waals surface area (Å²) in [6.45, 7) is 6.47. The number of hydrogen-bond acceptors (Lipinski definition) is 1. The largest absolute Gasteiger partial charge is 0.310 e. The highest BCUT2D eigenvalue weighted by Gasteiger charge is 2.17. The zero-order valence-electron chi connectivity index (χ0n) is 32.5. The van der Waals surface area contributed by atoms with E-state index in [1.54, 1.807) is 0 Å². The van der Waals surface area contributed by atoms with E-state index in [1.807, 2.05) is 18.2 Å². The minimum atomic E-state index is 1.11. The lowest BCUT2D eigenvalue weighted by Crippen LogP contribution is -2.10. The van der Waals surface area contributed by atoms with Crippen LogP contribution in [-0.4, -0.2) is 0 Å². The molecule has 1 aliphatic carbocycles. The number of benzene rings is 9. The molecule has 56 heavy (non-hydrogen) atoms. The molecule has 9 aromatic carbocycles. The van der Waals surface area contributed by atoms with Gasteiger partial charge in [0.15, 0.2) is 0 Å². The summed E-state index contributed by atoms with van der Waals surface area (Å²) in [7, 11) is 0. The van der Waals surface area contributed by atoms with Gasteiger partial charge in [-0.15, -0.1) is 0 Å². The second-order valence-electron chi connectivity index (χ2n) is 14.7. The molecule has 0 amide bonds. The molecule has 0 fully saturated rings. The molecule has 272 valence electrons. The third-order valence-electron chi connectivity index (χ3n) is 10.8. The van der Waals surface area contributed by atoms with Gasteiger partial charge in [-0.2, -0.15) is 0 Å². The van der Waals surface area contributed by atoms with E-state index in [0.717, 1.165) is 18.5 Å². The molecule has 0 unspecified atom stereocenters. The van der Waals surface area contributed by atoms with Crippen molar-refractivity contribution in [1.29, 1.82) is 0 Å². The highest BCUT2D eigenvalue weighted by molar-refractivity contribution is 6.14. The lowest BCUT2D eigenvalue weighted by molar-refractivity contribution is 0.977. The maximum Gasteiger partial charge on any atom is 0.0546 e. The van der Waals surface area contributed by atoms with E-state index >= 15 is 0 Å². The standard InChI is InChI=1S/C33H27N.C15H12.C7H8/c1-24-15-17-25(18-16-24)26-19-21-29(22-20-26)34(28-10-3-2-4-11-28)33-23-27-9-5-6-12-30(27)31-13-7-8-14-32(31)33;1-11-10-12-6-2-3-8-14(12)15-9-5-4-7-13(11)15;1-7-5-3-2-4-6-7/h2-15,17,19-23H,16,18H2,1H3;2-10H,1H3;2-6H,1H3. The number of anilines is 3. The van der Waals surface area contributed by atoms with Gasteiger partial charge in [-0.05, 0) is 118 Å². The Hall–Kier alpha value is -6.70. The van der Waals surface area contributed by atoms with Crippen LogP contribution in [0.25, 0.3) is 48.7 Å². The zero-order chi connectivity index (χ0) is 38.3. The summed E-state index contributed by atoms with van der Waals surface area (Å²) >= 11 is 0. The minimum Gasteiger partial charge on any atom is -0.310 e. The quantitative estimate of drug-likeness (QED) is 0.164. The number of para-hydroxylation sites is 1. The van der Waals surface area contributed by atoms with Gasteiger partial charge < -0.3 is 4.90 Å². The van der Waals surface area contributed by atoms with Crippen LogP contribution in [-0.2, 0) is 0 Å². The summed E-state index contributed by atoms with van der Waals surface area (Å²) in [6.07, 6.45) is 6.79. The lowest BCUT2D eigenvalue weighted by Gasteiger charge is -2.28. The highest BCUT2D eigenvalue weighted by atomic mass is 15.1. The SMILES string of the molecule is CC1=CC=C(c2ccc(N(c3ccccc3)c3cc4ccccc4c4ccccc34)cc2)CC1.Cc1cc2ccccc2c2ccccc12.Cc1ccccc1. The molecule has 0 heterocycles. The van der Waals surface area contributed by atoms with Crippen molar-refractivity contribution in [3.8, 4) is 0 Å². The van der Waals surface area contributed by atoms with Crippen LogP contribution in [0.1, 0.15) is 36.5 Å². The molecule has 0 bridgehead atoms. The predicted molar refractivity (Wildman–Crippen MR) is 244 cm³/mol. The van der Waals surface area contributed by atoms with E-state index in [1.165, 1.54) is 82.3 Å². The third kappa shape index (κ3) is 7.90. The van der Waals surface area contributed by atoms with Crippen LogP contribution in [0.2, 0.25) is 0 Å². The van der Waals surface area contributed by atoms with Crippen molar-refractivity contribution in [2.75, 3.05) is 4.90 Å². The molecule has 0 aliphatic heterocycles. The van der Waals surface area contributed by atoms with Crippen LogP contribution in [0.15, 0.2) is 212 Å². The summed E-state index contributed by atoms with van der Waals surface area (Å²) < 4.78 is 0. The van der Waals surface area contributed by atoms with E-state index in [4.69, 9.17) is 0 Å². The van der Waals surface area contributed by atoms with Crippen LogP contribution < -0.4 is 4.90 Å². The molecule has 1 aliphatic rings. The summed E-state index contributed by atoms with van der Waals surface area (Å²) in [5.74, 6) is 0. The van der Waals surface area contributed by atoms with Gasteiger partial charge in [0, 0.05) is 16.8 Å². The van der Waals surface area contributed by atoms with Crippen molar-refractivity contribution < 1.29 is 0 Å². The van der Waals surface area contributed by atoms with Crippen LogP contribution in [0.4, 0.5) is 17.1 Å². The number of rotatable bonds is 4. The second-order valence-corrected chi connectivity index (χ2v) is 14.7. The third-order valence-corrected chi connectivity index (χ3v) is 10.8. The topological polar surface area (TPSA) is 3.24 Å². The van der Waals surface area contributed by atoms with Crippen LogP contribution >= 0.6 is 0 Å². The van der Waals surface area contributed by atoms with Crippen molar-refractivity contribution in [2.24, 2.45) is 0 Å². The molecular weight excluding hydrogens is 675 g/mol. The maximum absolute atomic E-state index is 2.39. The number of hydrogen-bond donors (Lipinski definition) is 0. The van der Waals surface area contributed by atoms with E-state index in [-0.39, 0.29) is 0 Å². The van der Waals surface area contributed by atoms with Crippen molar-refractivity contribution >= 4 is 65.7 Å². The fourth-order valence-corrected chi connectivity index (χ4v) is 7.81. The second kappa shape index (κ2) is 16.8. The fraction of sp³-hybridized carbons (Fsp3) is 0.0909. The molecule has 10 rings (SSSR count). The van der Waals surface area contributed by atoms with E-state index in [9.17, 15) is 0 Å². The van der Waals surface area contributed by atoms with Gasteiger partial charge in [0.2, 0.25) is 0 Å². The average Bonchev–Trinajstić information content (AvgIpc) is 3.26. The molecule has 0 radical (unpaired) electrons. The van der Waals surface area contributed by atoms with Gasteiger partial charge in [0.1, 0.15) is 0 Å². The number of aryl methyl sites for hydroxylation is 2. The van der Waals surface area contributed by atoms with E-state index in [2.05, 4.69) is 214 Å². The number of allylic oxidation sites excluding steroid dienone is 4. The molecule has 0 N–H and O–H groups in total. The number of nitrogens with zero attached hydrogens (tertiary/aromatic N) is 1. The molecule has 0 saturated carbocycles. The Kier molecular flexibility index (Phi) is 10.9. The van der Waals surface area contributed by atoms with E-state index < -0.39 is 0 Å². The summed E-state index contributed by atoms with van der Waals surface area (Å²) in [4.78, 5) is 2.39. The highest BCUT2D eigenvalue weighted by Crippen LogP contribution is 2.42. The Labute approximate surface area is 331 Å². The van der Waals surface area contributed by atoms with Gasteiger partial charge in [-0.1, -0.05) is 187 Å². The molecule has 9 aromatic rings. The maximum atomic E-state index is 2.39. The van der Waals surface area contributed by atoms with Crippen molar-refractivity contribution in [3.63, 3.8) is 0 Å². The van der Waals surface area contributed by atoms with Gasteiger partial charge >= 0.3 is 0 Å². The first-order chi connectivity index (χ1) is 27.5. The first kappa shape index (κ1) is 36.3. The Morgan fingerprint density at radius 3 is 1.43 bits per heavy atom. The first-order valence-corrected chi connectivity index (χ1v) is 19.6. The molecular formula is C55H47N. The summed E-state index contributed by atoms with van der Waals surface area (Å²) in [6, 6.07) is 69.2. The van der Waals surface area contributed by atoms with Crippen molar-refractivity contribution in [2.45, 2.75) is 33.6 Å². The monoisotopic (exact) mass is 721 g/mol. The van der Waals surface area contributed by atoms with Gasteiger partial charge in [-0.3, -0.25) is 0 Å². The Morgan fingerprint density at radius 1 is 0.375 bits per heavy atom. The molecule has 0 spiro atoms. The molecule has 0 aromatic heterocycles. The van der Waals surface area contributed by atoms with E-state index in [0.29, 0.717) is 0 Å². The Balaban J connectivity index is 0.000000163. The smallest absolute Gasteiger partial charge is 0.0546 e. The number of fused-ring (bicyclic) bond motifs is 6. The fourth-order valence-electron chi connectivity index (χ4n) is 7.81. The molecule has 1 nitrogen and oxygen atoms in total. The normalized spacial score (nSPS) is 12.3. The summed E-state index contributed by atoms with van der Waals surface area (Å²) in [5, 5.41) is 10.5. The lowest BCUT2D eigenvalue weighted by atomic mass is 9.93. The van der Waals surface area contributed by atoms with Crippen LogP contribution in [0.5, 0.6) is 0 Å². The van der Waals surface area contributed by atoms with Crippen LogP contribution in [0.3, 0.4) is 0 Å². The molecule has 0 saturated heterocycles. The van der Waals surface area contributed by atoms with Gasteiger partial charge in [0.25, 0.3) is 0 Å². The van der Waals surface area contributed by atoms with Gasteiger partial charge in [-0.25, -0.2) is 0 Å². The first-order valence-electron chi connectivity index (χ1n) is 19.6. The van der Waals surface area contributed by atoms with Crippen molar-refractivity contribution in [3.05, 3.63) is 229 Å². The minimum absolute atomic E-state index is 1.11. The van der Waals surface area contributed by atoms with Crippen molar-refractivity contribution in [1.82, 2.24) is 0 Å². The molecule has 1 heteroatoms. The zero-order valence-corrected chi connectivity index (χ0v) is 32.5. The van der Waals surface area contributed by atoms with Gasteiger partial charge in [0.05, 0.1) is 5.69 Å². The summed E-state index contributed by atoms with van der Waals surface area (Å²) in [5.41, 5.74) is 10.4.